The van der Waals surface area contributed by atoms with Gasteiger partial charge in [-0.2, -0.15) is 0 Å². The first-order valence-corrected chi connectivity index (χ1v) is 8.01. The van der Waals surface area contributed by atoms with E-state index in [1.165, 1.54) is 25.7 Å². The molecule has 1 rings (SSSR count). The van der Waals surface area contributed by atoms with E-state index in [1.807, 2.05) is 30.3 Å². The lowest BCUT2D eigenvalue weighted by Crippen LogP contribution is -2.27. The lowest BCUT2D eigenvalue weighted by atomic mass is 10.0. The second kappa shape index (κ2) is 9.82. The van der Waals surface area contributed by atoms with Crippen molar-refractivity contribution in [2.75, 3.05) is 6.54 Å². The Kier molecular flexibility index (Phi) is 8.36. The molecule has 0 spiro atoms. The molecule has 0 heterocycles. The summed E-state index contributed by atoms with van der Waals surface area (Å²) in [6.07, 6.45) is 6.03. The van der Waals surface area contributed by atoms with Crippen LogP contribution in [0.5, 0.6) is 0 Å². The highest BCUT2D eigenvalue weighted by molar-refractivity contribution is 6.30. The van der Waals surface area contributed by atoms with Gasteiger partial charge in [-0.3, -0.25) is 4.79 Å². The number of amides is 1. The third-order valence-electron chi connectivity index (χ3n) is 3.33. The summed E-state index contributed by atoms with van der Waals surface area (Å²) in [5, 5.41) is 2.32. The number of hydrogen-bond acceptors (Lipinski definition) is 1. The Morgan fingerprint density at radius 1 is 1.10 bits per heavy atom. The number of hydrogen-bond donors (Lipinski definition) is 1. The number of carbonyl (C=O) groups excluding carboxylic acids is 1. The number of unbranched alkanes of at least 4 members (excludes halogenated alkanes) is 3. The Morgan fingerprint density at radius 2 is 1.75 bits per heavy atom. The smallest absolute Gasteiger partial charge is 0.242 e. The second-order valence-electron chi connectivity index (χ2n) is 5.66. The SMILES string of the molecule is CC(C)CCCCCCNC(=O)C(Cl)c1ccccc1. The van der Waals surface area contributed by atoms with Crippen molar-refractivity contribution in [2.45, 2.75) is 51.3 Å². The zero-order chi connectivity index (χ0) is 14.8. The van der Waals surface area contributed by atoms with Crippen LogP contribution in [0.1, 0.15) is 56.9 Å². The average Bonchev–Trinajstić information content (AvgIpc) is 2.45. The van der Waals surface area contributed by atoms with Gasteiger partial charge in [0.2, 0.25) is 5.91 Å². The highest BCUT2D eigenvalue weighted by Crippen LogP contribution is 2.19. The van der Waals surface area contributed by atoms with Gasteiger partial charge >= 0.3 is 0 Å². The van der Waals surface area contributed by atoms with Gasteiger partial charge in [0.25, 0.3) is 0 Å². The van der Waals surface area contributed by atoms with E-state index in [9.17, 15) is 4.79 Å². The van der Waals surface area contributed by atoms with Crippen LogP contribution in [0.25, 0.3) is 0 Å². The molecule has 1 unspecified atom stereocenters. The van der Waals surface area contributed by atoms with E-state index in [0.29, 0.717) is 0 Å². The van der Waals surface area contributed by atoms with Crippen molar-refractivity contribution >= 4 is 17.5 Å². The number of halogens is 1. The summed E-state index contributed by atoms with van der Waals surface area (Å²) >= 11 is 6.14. The molecule has 3 heteroatoms. The van der Waals surface area contributed by atoms with E-state index in [2.05, 4.69) is 19.2 Å². The molecule has 1 atom stereocenters. The molecule has 1 N–H and O–H groups in total. The monoisotopic (exact) mass is 295 g/mol. The standard InChI is InChI=1S/C17H26ClNO/c1-14(2)10-6-3-4-9-13-19-17(20)16(18)15-11-7-5-8-12-15/h5,7-8,11-12,14,16H,3-4,6,9-10,13H2,1-2H3,(H,19,20). The molecule has 0 saturated carbocycles. The highest BCUT2D eigenvalue weighted by atomic mass is 35.5. The number of nitrogens with one attached hydrogen (secondary N) is 1. The normalized spacial score (nSPS) is 12.4. The zero-order valence-electron chi connectivity index (χ0n) is 12.6. The van der Waals surface area contributed by atoms with Gasteiger partial charge < -0.3 is 5.32 Å². The fourth-order valence-electron chi connectivity index (χ4n) is 2.11. The first-order valence-electron chi connectivity index (χ1n) is 7.58. The van der Waals surface area contributed by atoms with Crippen LogP contribution < -0.4 is 5.32 Å². The van der Waals surface area contributed by atoms with E-state index < -0.39 is 5.38 Å². The van der Waals surface area contributed by atoms with Crippen LogP contribution in [-0.4, -0.2) is 12.5 Å². The molecule has 2 nitrogen and oxygen atoms in total. The lowest BCUT2D eigenvalue weighted by molar-refractivity contribution is -0.120. The molecule has 20 heavy (non-hydrogen) atoms. The van der Waals surface area contributed by atoms with Gasteiger partial charge in [-0.05, 0) is 17.9 Å². The number of benzene rings is 1. The van der Waals surface area contributed by atoms with Crippen LogP contribution in [0.2, 0.25) is 0 Å². The van der Waals surface area contributed by atoms with Crippen LogP contribution in [0.4, 0.5) is 0 Å². The molecule has 1 aromatic rings. The molecule has 1 aromatic carbocycles. The summed E-state index contributed by atoms with van der Waals surface area (Å²) in [6, 6.07) is 9.47. The van der Waals surface area contributed by atoms with Crippen molar-refractivity contribution in [2.24, 2.45) is 5.92 Å². The summed E-state index contributed by atoms with van der Waals surface area (Å²) < 4.78 is 0. The molecule has 0 fully saturated rings. The van der Waals surface area contributed by atoms with Crippen molar-refractivity contribution in [3.8, 4) is 0 Å². The molecule has 0 aliphatic heterocycles. The Labute approximate surface area is 127 Å². The van der Waals surface area contributed by atoms with Gasteiger partial charge in [0, 0.05) is 6.54 Å². The number of rotatable bonds is 9. The van der Waals surface area contributed by atoms with E-state index >= 15 is 0 Å². The van der Waals surface area contributed by atoms with E-state index in [1.54, 1.807) is 0 Å². The van der Waals surface area contributed by atoms with Gasteiger partial charge in [-0.15, -0.1) is 11.6 Å². The van der Waals surface area contributed by atoms with Gasteiger partial charge in [0.1, 0.15) is 5.38 Å². The topological polar surface area (TPSA) is 29.1 Å². The first-order chi connectivity index (χ1) is 9.61. The fourth-order valence-corrected chi connectivity index (χ4v) is 2.33. The van der Waals surface area contributed by atoms with Gasteiger partial charge in [0.05, 0.1) is 0 Å². The van der Waals surface area contributed by atoms with Crippen LogP contribution in [0.3, 0.4) is 0 Å². The Hall–Kier alpha value is -1.02. The van der Waals surface area contributed by atoms with Gasteiger partial charge in [0.15, 0.2) is 0 Å². The third kappa shape index (κ3) is 6.95. The molecule has 0 saturated heterocycles. The van der Waals surface area contributed by atoms with Gasteiger partial charge in [-0.1, -0.05) is 69.9 Å². The minimum atomic E-state index is -0.586. The van der Waals surface area contributed by atoms with Gasteiger partial charge in [-0.25, -0.2) is 0 Å². The van der Waals surface area contributed by atoms with Crippen molar-refractivity contribution < 1.29 is 4.79 Å². The molecular formula is C17H26ClNO. The molecule has 0 bridgehead atoms. The predicted octanol–water partition coefficient (Wildman–Crippen LogP) is 4.69. The maximum atomic E-state index is 11.9. The molecule has 0 aliphatic carbocycles. The third-order valence-corrected chi connectivity index (χ3v) is 3.78. The zero-order valence-corrected chi connectivity index (χ0v) is 13.3. The van der Waals surface area contributed by atoms with E-state index in [4.69, 9.17) is 11.6 Å². The molecule has 0 aromatic heterocycles. The first kappa shape index (κ1) is 17.0. The summed E-state index contributed by atoms with van der Waals surface area (Å²) in [7, 11) is 0. The molecule has 0 aliphatic rings. The Balaban J connectivity index is 2.11. The lowest BCUT2D eigenvalue weighted by Gasteiger charge is -2.10. The van der Waals surface area contributed by atoms with Crippen molar-refractivity contribution in [3.63, 3.8) is 0 Å². The average molecular weight is 296 g/mol. The van der Waals surface area contributed by atoms with E-state index in [-0.39, 0.29) is 5.91 Å². The Bertz CT molecular complexity index is 378. The minimum absolute atomic E-state index is 0.0972. The highest BCUT2D eigenvalue weighted by Gasteiger charge is 2.16. The maximum Gasteiger partial charge on any atom is 0.242 e. The molecule has 0 radical (unpaired) electrons. The minimum Gasteiger partial charge on any atom is -0.355 e. The van der Waals surface area contributed by atoms with Crippen LogP contribution >= 0.6 is 11.6 Å². The predicted molar refractivity (Wildman–Crippen MR) is 86.0 cm³/mol. The summed E-state index contributed by atoms with van der Waals surface area (Å²) in [5.74, 6) is 0.692. The molecule has 1 amide bonds. The number of alkyl halides is 1. The van der Waals surface area contributed by atoms with Crippen molar-refractivity contribution in [3.05, 3.63) is 35.9 Å². The maximum absolute atomic E-state index is 11.9. The van der Waals surface area contributed by atoms with Crippen molar-refractivity contribution in [1.82, 2.24) is 5.32 Å². The van der Waals surface area contributed by atoms with Crippen LogP contribution in [0, 0.1) is 5.92 Å². The summed E-state index contributed by atoms with van der Waals surface area (Å²) in [6.45, 7) is 5.23. The summed E-state index contributed by atoms with van der Waals surface area (Å²) in [5.41, 5.74) is 0.851. The second-order valence-corrected chi connectivity index (χ2v) is 6.10. The largest absolute Gasteiger partial charge is 0.355 e. The van der Waals surface area contributed by atoms with Crippen molar-refractivity contribution in [1.29, 1.82) is 0 Å². The number of carbonyl (C=O) groups is 1. The molecule has 112 valence electrons. The van der Waals surface area contributed by atoms with E-state index in [0.717, 1.165) is 24.4 Å². The molecular weight excluding hydrogens is 270 g/mol. The Morgan fingerprint density at radius 3 is 2.40 bits per heavy atom. The summed E-state index contributed by atoms with van der Waals surface area (Å²) in [4.78, 5) is 11.9. The van der Waals surface area contributed by atoms with Crippen LogP contribution in [0.15, 0.2) is 30.3 Å². The van der Waals surface area contributed by atoms with Crippen LogP contribution in [-0.2, 0) is 4.79 Å². The fraction of sp³-hybridized carbons (Fsp3) is 0.588. The quantitative estimate of drug-likeness (QED) is 0.520.